The lowest BCUT2D eigenvalue weighted by Gasteiger charge is -2.24. The van der Waals surface area contributed by atoms with Gasteiger partial charge in [-0.25, -0.2) is 0 Å². The average molecular weight is 1210 g/mol. The Kier molecular flexibility index (Phi) is 27.1. The van der Waals surface area contributed by atoms with Crippen LogP contribution in [0.4, 0.5) is 5.69 Å². The maximum atomic E-state index is 13.4. The van der Waals surface area contributed by atoms with E-state index in [1.54, 1.807) is 7.11 Å². The Hall–Kier alpha value is -8.51. The predicted octanol–water partition coefficient (Wildman–Crippen LogP) is 23.3. The summed E-state index contributed by atoms with van der Waals surface area (Å²) in [4.78, 5) is 2.54. The maximum absolute atomic E-state index is 13.4. The third-order valence-electron chi connectivity index (χ3n) is 15.4. The summed E-state index contributed by atoms with van der Waals surface area (Å²) in [5.41, 5.74) is 18.7. The molecule has 0 atom stereocenters. The van der Waals surface area contributed by atoms with Gasteiger partial charge >= 0.3 is 7.60 Å². The standard InChI is InChI=1S/C83H92NO5P/c1-8-13-16-17-54-87-83-50-44-70(45-51-83)28-35-76-56-75(34-27-69-42-48-82(86-7)49-43-69)61-78(62-76)37-39-80-59-73(32-25-67-22-29-71(30-23-67)64-90(85,88-11-4)89-12-5)58-79(63-80)38-36-77-57-72(31-24-66-20-18-65(6)19-21-66)55-74(60-77)33-26-68-40-46-81(47-41-68)84(52-14-9-2)53-15-10-3/h18-51,55-63H,8-17,52-54,64H2,1-7H3/b31-24+,32-25+,33-26+,34-27+,35-28+,38-36+,39-37+. The van der Waals surface area contributed by atoms with Crippen LogP contribution >= 0.6 is 7.60 Å². The second-order valence-electron chi connectivity index (χ2n) is 22.9. The van der Waals surface area contributed by atoms with E-state index in [1.807, 2.05) is 38.1 Å². The van der Waals surface area contributed by atoms with Crippen molar-refractivity contribution in [3.05, 3.63) is 265 Å². The smallest absolute Gasteiger partial charge is 0.335 e. The van der Waals surface area contributed by atoms with Crippen molar-refractivity contribution in [2.45, 2.75) is 99.1 Å². The number of methoxy groups -OCH3 is 1. The molecule has 7 heteroatoms. The van der Waals surface area contributed by atoms with Gasteiger partial charge in [0.05, 0.1) is 33.1 Å². The van der Waals surface area contributed by atoms with Gasteiger partial charge in [-0.2, -0.15) is 0 Å². The molecule has 0 amide bonds. The fraction of sp³-hybridized carbons (Fsp3) is 0.253. The molecule has 0 radical (unpaired) electrons. The molecule has 0 aliphatic rings. The molecular formula is C83H92NO5P. The van der Waals surface area contributed by atoms with Crippen molar-refractivity contribution in [1.29, 1.82) is 0 Å². The van der Waals surface area contributed by atoms with Gasteiger partial charge in [-0.05, 0) is 214 Å². The van der Waals surface area contributed by atoms with E-state index in [-0.39, 0.29) is 6.16 Å². The van der Waals surface area contributed by atoms with Crippen LogP contribution in [0.1, 0.15) is 175 Å². The van der Waals surface area contributed by atoms with Gasteiger partial charge in [-0.3, -0.25) is 4.57 Å². The van der Waals surface area contributed by atoms with Crippen LogP contribution in [0.3, 0.4) is 0 Å². The average Bonchev–Trinajstić information content (AvgIpc) is 1.57. The number of anilines is 1. The molecule has 0 N–H and O–H groups in total. The molecule has 0 saturated carbocycles. The highest BCUT2D eigenvalue weighted by atomic mass is 31.2. The van der Waals surface area contributed by atoms with Gasteiger partial charge in [0.2, 0.25) is 0 Å². The van der Waals surface area contributed by atoms with E-state index in [9.17, 15) is 4.57 Å². The highest BCUT2D eigenvalue weighted by molar-refractivity contribution is 7.53. The Balaban J connectivity index is 1.13. The molecule has 8 aromatic rings. The minimum Gasteiger partial charge on any atom is -0.497 e. The second kappa shape index (κ2) is 36.2. The van der Waals surface area contributed by atoms with Gasteiger partial charge in [0.1, 0.15) is 11.5 Å². The third-order valence-corrected chi connectivity index (χ3v) is 17.5. The quantitative estimate of drug-likeness (QED) is 0.0228. The highest BCUT2D eigenvalue weighted by Gasteiger charge is 2.24. The monoisotopic (exact) mass is 1210 g/mol. The minimum absolute atomic E-state index is 0.223. The zero-order valence-corrected chi connectivity index (χ0v) is 55.1. The number of benzene rings is 8. The number of hydrogen-bond donors (Lipinski definition) is 0. The summed E-state index contributed by atoms with van der Waals surface area (Å²) in [5.74, 6) is 1.73. The molecule has 8 rings (SSSR count). The molecule has 0 saturated heterocycles. The second-order valence-corrected chi connectivity index (χ2v) is 25.0. The summed E-state index contributed by atoms with van der Waals surface area (Å²) >= 11 is 0. The van der Waals surface area contributed by atoms with Crippen molar-refractivity contribution < 1.29 is 23.1 Å². The summed E-state index contributed by atoms with van der Waals surface area (Å²) in [6.07, 6.45) is 40.4. The molecule has 464 valence electrons. The van der Waals surface area contributed by atoms with E-state index in [1.165, 1.54) is 61.8 Å². The summed E-state index contributed by atoms with van der Waals surface area (Å²) in [6, 6.07) is 62.5. The van der Waals surface area contributed by atoms with Gasteiger partial charge in [0, 0.05) is 18.8 Å². The Morgan fingerprint density at radius 3 is 1.00 bits per heavy atom. The lowest BCUT2D eigenvalue weighted by molar-refractivity contribution is 0.219. The van der Waals surface area contributed by atoms with Crippen molar-refractivity contribution in [1.82, 2.24) is 0 Å². The van der Waals surface area contributed by atoms with Crippen molar-refractivity contribution in [3.8, 4) is 11.5 Å². The summed E-state index contributed by atoms with van der Waals surface area (Å²) in [5, 5.41) is 0. The highest BCUT2D eigenvalue weighted by Crippen LogP contribution is 2.51. The van der Waals surface area contributed by atoms with Gasteiger partial charge in [0.15, 0.2) is 0 Å². The molecule has 6 nitrogen and oxygen atoms in total. The van der Waals surface area contributed by atoms with Crippen LogP contribution in [-0.2, 0) is 19.8 Å². The zero-order valence-electron chi connectivity index (χ0n) is 54.2. The van der Waals surface area contributed by atoms with Crippen molar-refractivity contribution in [3.63, 3.8) is 0 Å². The van der Waals surface area contributed by atoms with E-state index in [0.29, 0.717) is 13.2 Å². The van der Waals surface area contributed by atoms with Crippen molar-refractivity contribution in [2.24, 2.45) is 0 Å². The van der Waals surface area contributed by atoms with Crippen LogP contribution in [0, 0.1) is 6.92 Å². The fourth-order valence-corrected chi connectivity index (χ4v) is 12.2. The largest absolute Gasteiger partial charge is 0.497 e. The van der Waals surface area contributed by atoms with E-state index in [4.69, 9.17) is 18.5 Å². The minimum atomic E-state index is -3.24. The first-order valence-electron chi connectivity index (χ1n) is 32.5. The third kappa shape index (κ3) is 22.8. The lowest BCUT2D eigenvalue weighted by Crippen LogP contribution is -2.25. The molecule has 0 unspecified atom stereocenters. The summed E-state index contributed by atoms with van der Waals surface area (Å²) in [7, 11) is -1.55. The Labute approximate surface area is 538 Å². The molecule has 8 aromatic carbocycles. The normalized spacial score (nSPS) is 12.2. The van der Waals surface area contributed by atoms with E-state index in [0.717, 1.165) is 116 Å². The van der Waals surface area contributed by atoms with Crippen molar-refractivity contribution >= 4 is 98.3 Å². The van der Waals surface area contributed by atoms with Gasteiger partial charge in [-0.1, -0.05) is 228 Å². The molecular weight excluding hydrogens is 1120 g/mol. The van der Waals surface area contributed by atoms with E-state index < -0.39 is 7.60 Å². The first kappa shape index (κ1) is 67.4. The lowest BCUT2D eigenvalue weighted by atomic mass is 9.99. The van der Waals surface area contributed by atoms with Crippen LogP contribution in [0.15, 0.2) is 176 Å². The molecule has 0 spiro atoms. The topological polar surface area (TPSA) is 57.2 Å². The van der Waals surface area contributed by atoms with Crippen molar-refractivity contribution in [2.75, 3.05) is 44.9 Å². The van der Waals surface area contributed by atoms with Crippen LogP contribution in [-0.4, -0.2) is 40.0 Å². The molecule has 0 fully saturated rings. The maximum Gasteiger partial charge on any atom is 0.335 e. The molecule has 0 aliphatic heterocycles. The Morgan fingerprint density at radius 1 is 0.356 bits per heavy atom. The summed E-state index contributed by atoms with van der Waals surface area (Å²) in [6.45, 7) is 16.1. The molecule has 0 aliphatic carbocycles. The number of nitrogens with zero attached hydrogens (tertiary/aromatic N) is 1. The van der Waals surface area contributed by atoms with E-state index >= 15 is 0 Å². The number of unbranched alkanes of at least 4 members (excludes halogenated alkanes) is 5. The van der Waals surface area contributed by atoms with Gasteiger partial charge in [0.25, 0.3) is 0 Å². The van der Waals surface area contributed by atoms with E-state index in [2.05, 4.69) is 269 Å². The zero-order chi connectivity index (χ0) is 63.2. The Bertz CT molecular complexity index is 3740. The van der Waals surface area contributed by atoms with Gasteiger partial charge < -0.3 is 23.4 Å². The van der Waals surface area contributed by atoms with Crippen LogP contribution < -0.4 is 14.4 Å². The first-order chi connectivity index (χ1) is 44.0. The molecule has 0 heterocycles. The fourth-order valence-electron chi connectivity index (χ4n) is 10.5. The van der Waals surface area contributed by atoms with Crippen LogP contribution in [0.5, 0.6) is 11.5 Å². The number of ether oxygens (including phenoxy) is 2. The number of hydrogen-bond acceptors (Lipinski definition) is 6. The summed E-state index contributed by atoms with van der Waals surface area (Å²) < 4.78 is 36.1. The molecule has 0 aromatic heterocycles. The van der Waals surface area contributed by atoms with Crippen LogP contribution in [0.2, 0.25) is 0 Å². The molecule has 90 heavy (non-hydrogen) atoms. The van der Waals surface area contributed by atoms with Crippen LogP contribution in [0.25, 0.3) is 85.1 Å². The molecule has 0 bridgehead atoms. The Morgan fingerprint density at radius 2 is 0.667 bits per heavy atom. The SMILES string of the molecule is CCCCCCOc1ccc(/C=C/c2cc(/C=C/c3ccc(OC)cc3)cc(/C=C/c3cc(/C=C/c4ccc(CP(=O)(OCC)OCC)cc4)cc(/C=C/c4cc(/C=C/c5ccc(C)cc5)cc(/C=C/c5ccc(N(CCCC)CCCC)cc5)c4)c3)c2)cc1. The number of aryl methyl sites for hydroxylation is 1. The number of rotatable bonds is 34. The van der Waals surface area contributed by atoms with Gasteiger partial charge in [-0.15, -0.1) is 0 Å². The predicted molar refractivity (Wildman–Crippen MR) is 392 cm³/mol. The first-order valence-corrected chi connectivity index (χ1v) is 34.2.